The van der Waals surface area contributed by atoms with Gasteiger partial charge in [0.2, 0.25) is 9.84 Å². The molecule has 184 valence electrons. The van der Waals surface area contributed by atoms with Crippen LogP contribution in [0.3, 0.4) is 0 Å². The van der Waals surface area contributed by atoms with E-state index in [2.05, 4.69) is 0 Å². The fourth-order valence-corrected chi connectivity index (χ4v) is 6.82. The van der Waals surface area contributed by atoms with Crippen LogP contribution in [0.4, 0.5) is 0 Å². The van der Waals surface area contributed by atoms with Crippen molar-refractivity contribution >= 4 is 20.9 Å². The maximum absolute atomic E-state index is 13.5. The Balaban J connectivity index is 1.28. The van der Waals surface area contributed by atoms with Crippen LogP contribution in [-0.2, 0) is 16.3 Å². The van der Waals surface area contributed by atoms with E-state index in [1.165, 1.54) is 0 Å². The van der Waals surface area contributed by atoms with Gasteiger partial charge in [0.15, 0.2) is 0 Å². The lowest BCUT2D eigenvalue weighted by atomic mass is 9.97. The molecule has 1 aliphatic heterocycles. The maximum Gasteiger partial charge on any atom is 0.210 e. The predicted molar refractivity (Wildman–Crippen MR) is 152 cm³/mol. The lowest BCUT2D eigenvalue weighted by molar-refractivity contribution is 0.594. The molecule has 2 heterocycles. The molecule has 0 radical (unpaired) electrons. The highest BCUT2D eigenvalue weighted by atomic mass is 32.2. The molecule has 0 amide bonds. The molecule has 0 unspecified atom stereocenters. The molecule has 1 aromatic heterocycles. The molecule has 0 N–H and O–H groups in total. The Kier molecular flexibility index (Phi) is 4.02. The number of aromatic nitrogens is 2. The standard InChI is InChI=1S/C33H24N2O2S/c1-2-31-34-32-27(20-21-30-33(32)35(31)28-10-6-7-11-29(28)38(30,36)37)26-18-16-25(17-19-26)24-14-12-23(13-15-24)22-8-4-3-5-9-22/h3-21H,2H2,1H3/i3D,4D,5D,8D,9D. The zero-order chi connectivity index (χ0) is 30.2. The van der Waals surface area contributed by atoms with Gasteiger partial charge >= 0.3 is 0 Å². The van der Waals surface area contributed by atoms with Crippen LogP contribution in [-0.4, -0.2) is 18.0 Å². The minimum absolute atomic E-state index is 0.170. The number of imidazole rings is 1. The normalized spacial score (nSPS) is 15.2. The summed E-state index contributed by atoms with van der Waals surface area (Å²) in [6.45, 7) is 2.01. The predicted octanol–water partition coefficient (Wildman–Crippen LogP) is 7.74. The van der Waals surface area contributed by atoms with E-state index in [0.29, 0.717) is 28.7 Å². The van der Waals surface area contributed by atoms with Crippen molar-refractivity contribution in [2.24, 2.45) is 0 Å². The summed E-state index contributed by atoms with van der Waals surface area (Å²) in [6.07, 6.45) is 0.639. The second-order valence-corrected chi connectivity index (χ2v) is 11.0. The van der Waals surface area contributed by atoms with Crippen LogP contribution in [0.2, 0.25) is 0 Å². The minimum Gasteiger partial charge on any atom is -0.294 e. The highest BCUT2D eigenvalue weighted by Crippen LogP contribution is 2.42. The van der Waals surface area contributed by atoms with E-state index in [4.69, 9.17) is 11.8 Å². The summed E-state index contributed by atoms with van der Waals surface area (Å²) in [6, 6.07) is 24.1. The number of fused-ring (bicyclic) bond motifs is 2. The second-order valence-electron chi connectivity index (χ2n) is 9.15. The zero-order valence-electron chi connectivity index (χ0n) is 25.4. The summed E-state index contributed by atoms with van der Waals surface area (Å²) in [7, 11) is -3.69. The Morgan fingerprint density at radius 2 is 1.32 bits per heavy atom. The van der Waals surface area contributed by atoms with Crippen molar-refractivity contribution in [3.63, 3.8) is 0 Å². The number of sulfone groups is 1. The third-order valence-electron chi connectivity index (χ3n) is 7.04. The van der Waals surface area contributed by atoms with Crippen LogP contribution >= 0.6 is 0 Å². The molecule has 0 saturated carbocycles. The molecule has 7 rings (SSSR count). The molecule has 38 heavy (non-hydrogen) atoms. The van der Waals surface area contributed by atoms with Crippen molar-refractivity contribution < 1.29 is 15.3 Å². The molecule has 0 saturated heterocycles. The maximum atomic E-state index is 13.5. The van der Waals surface area contributed by atoms with Gasteiger partial charge in [-0.1, -0.05) is 104 Å². The number of hydrogen-bond acceptors (Lipinski definition) is 3. The van der Waals surface area contributed by atoms with Gasteiger partial charge in [0.25, 0.3) is 0 Å². The van der Waals surface area contributed by atoms with E-state index in [9.17, 15) is 8.42 Å². The monoisotopic (exact) mass is 517 g/mol. The zero-order valence-corrected chi connectivity index (χ0v) is 21.2. The molecule has 5 heteroatoms. The molecule has 1 aliphatic rings. The first kappa shape index (κ1) is 17.9. The highest BCUT2D eigenvalue weighted by Gasteiger charge is 2.33. The van der Waals surface area contributed by atoms with Crippen LogP contribution in [0, 0.1) is 0 Å². The van der Waals surface area contributed by atoms with Crippen LogP contribution in [0.15, 0.2) is 125 Å². The van der Waals surface area contributed by atoms with Crippen LogP contribution in [0.5, 0.6) is 0 Å². The average molecular weight is 518 g/mol. The molecule has 0 atom stereocenters. The lowest BCUT2D eigenvalue weighted by Gasteiger charge is -2.21. The van der Waals surface area contributed by atoms with Crippen molar-refractivity contribution in [2.75, 3.05) is 0 Å². The quantitative estimate of drug-likeness (QED) is 0.240. The summed E-state index contributed by atoms with van der Waals surface area (Å²) >= 11 is 0. The van der Waals surface area contributed by atoms with Crippen molar-refractivity contribution in [1.29, 1.82) is 0 Å². The molecule has 0 bridgehead atoms. The van der Waals surface area contributed by atoms with Gasteiger partial charge in [-0.2, -0.15) is 0 Å². The number of para-hydroxylation sites is 1. The first-order chi connectivity index (χ1) is 20.6. The highest BCUT2D eigenvalue weighted by molar-refractivity contribution is 7.92. The number of benzene rings is 5. The second kappa shape index (κ2) is 8.54. The Morgan fingerprint density at radius 1 is 0.711 bits per heavy atom. The molecule has 0 spiro atoms. The Morgan fingerprint density at radius 3 is 1.97 bits per heavy atom. The first-order valence-electron chi connectivity index (χ1n) is 14.8. The fraction of sp³-hybridized carbons (Fsp3) is 0.0606. The fourth-order valence-electron chi connectivity index (χ4n) is 5.20. The summed E-state index contributed by atoms with van der Waals surface area (Å²) in [5, 5.41) is 0. The smallest absolute Gasteiger partial charge is 0.210 e. The van der Waals surface area contributed by atoms with Gasteiger partial charge in [0.1, 0.15) is 5.82 Å². The summed E-state index contributed by atoms with van der Waals surface area (Å²) in [4.78, 5) is 5.46. The molecule has 5 aromatic carbocycles. The third kappa shape index (κ3) is 3.36. The number of hydrogen-bond donors (Lipinski definition) is 0. The molecule has 0 fully saturated rings. The number of nitrogens with zero attached hydrogens (tertiary/aromatic N) is 2. The van der Waals surface area contributed by atoms with Gasteiger partial charge in [0, 0.05) is 12.0 Å². The van der Waals surface area contributed by atoms with E-state index in [1.807, 2.05) is 66.1 Å². The van der Waals surface area contributed by atoms with Crippen molar-refractivity contribution in [3.05, 3.63) is 121 Å². The van der Waals surface area contributed by atoms with Gasteiger partial charge in [-0.3, -0.25) is 4.57 Å². The van der Waals surface area contributed by atoms with Crippen molar-refractivity contribution in [2.45, 2.75) is 23.1 Å². The molecular formula is C33H24N2O2S. The van der Waals surface area contributed by atoms with Gasteiger partial charge in [-0.25, -0.2) is 13.4 Å². The summed E-state index contributed by atoms with van der Waals surface area (Å²) < 4.78 is 69.3. The minimum atomic E-state index is -3.69. The molecule has 0 aliphatic carbocycles. The number of rotatable bonds is 4. The van der Waals surface area contributed by atoms with E-state index in [0.717, 1.165) is 28.1 Å². The molecule has 6 aromatic rings. The van der Waals surface area contributed by atoms with Crippen molar-refractivity contribution in [1.82, 2.24) is 9.55 Å². The van der Waals surface area contributed by atoms with E-state index < -0.39 is 15.9 Å². The van der Waals surface area contributed by atoms with E-state index in [-0.39, 0.29) is 39.5 Å². The van der Waals surface area contributed by atoms with Gasteiger partial charge in [0.05, 0.1) is 33.4 Å². The SMILES string of the molecule is [2H]c1c([2H])c([2H])c(-c2ccc(-c3ccc(-c4ccc5c6c4nc(CC)n6-c4ccccc4S5(=O)=O)cc3)cc2)c([2H])c1[2H]. The van der Waals surface area contributed by atoms with Crippen LogP contribution in [0.1, 0.15) is 19.6 Å². The van der Waals surface area contributed by atoms with Crippen LogP contribution < -0.4 is 0 Å². The molecular weight excluding hydrogens is 488 g/mol. The molecule has 4 nitrogen and oxygen atoms in total. The Bertz CT molecular complexity index is 2200. The lowest BCUT2D eigenvalue weighted by Crippen LogP contribution is -2.15. The van der Waals surface area contributed by atoms with Gasteiger partial charge in [-0.05, 0) is 46.0 Å². The van der Waals surface area contributed by atoms with E-state index >= 15 is 0 Å². The Hall–Kier alpha value is -4.48. The van der Waals surface area contributed by atoms with Crippen molar-refractivity contribution in [3.8, 4) is 39.1 Å². The van der Waals surface area contributed by atoms with Gasteiger partial charge < -0.3 is 0 Å². The average Bonchev–Trinajstić information content (AvgIpc) is 3.42. The number of aryl methyl sites for hydroxylation is 1. The largest absolute Gasteiger partial charge is 0.294 e. The topological polar surface area (TPSA) is 52.0 Å². The Labute approximate surface area is 228 Å². The van der Waals surface area contributed by atoms with E-state index in [1.54, 1.807) is 30.3 Å². The summed E-state index contributed by atoms with van der Waals surface area (Å²) in [5.74, 6) is 0.793. The third-order valence-corrected chi connectivity index (χ3v) is 8.87. The first-order valence-corrected chi connectivity index (χ1v) is 13.8. The van der Waals surface area contributed by atoms with Gasteiger partial charge in [-0.15, -0.1) is 0 Å². The van der Waals surface area contributed by atoms with Crippen LogP contribution in [0.25, 0.3) is 50.1 Å². The summed E-state index contributed by atoms with van der Waals surface area (Å²) in [5.41, 5.74) is 6.14.